The molecule has 0 saturated carbocycles. The van der Waals surface area contributed by atoms with Crippen molar-refractivity contribution in [1.29, 1.82) is 0 Å². The zero-order chi connectivity index (χ0) is 17.8. The summed E-state index contributed by atoms with van der Waals surface area (Å²) < 4.78 is 10.4. The van der Waals surface area contributed by atoms with Gasteiger partial charge in [0.05, 0.1) is 30.6 Å². The third-order valence-corrected chi connectivity index (χ3v) is 3.82. The molecule has 2 heterocycles. The molecule has 1 amide bonds. The Balaban J connectivity index is 1.85. The Morgan fingerprint density at radius 3 is 2.52 bits per heavy atom. The number of nitrogens with one attached hydrogen (secondary N) is 2. The summed E-state index contributed by atoms with van der Waals surface area (Å²) in [6.45, 7) is 0. The number of aromatic nitrogens is 3. The van der Waals surface area contributed by atoms with Crippen molar-refractivity contribution in [3.63, 3.8) is 0 Å². The number of aromatic amines is 1. The van der Waals surface area contributed by atoms with Gasteiger partial charge in [-0.1, -0.05) is 11.6 Å². The van der Waals surface area contributed by atoms with E-state index < -0.39 is 0 Å². The lowest BCUT2D eigenvalue weighted by molar-refractivity contribution is 0.102. The van der Waals surface area contributed by atoms with Crippen LogP contribution in [0.4, 0.5) is 5.69 Å². The van der Waals surface area contributed by atoms with Crippen LogP contribution in [0.2, 0.25) is 5.02 Å². The number of H-pyrrole nitrogens is 1. The lowest BCUT2D eigenvalue weighted by atomic mass is 10.2. The van der Waals surface area contributed by atoms with E-state index in [1.165, 1.54) is 14.2 Å². The monoisotopic (exact) mass is 358 g/mol. The summed E-state index contributed by atoms with van der Waals surface area (Å²) in [5.41, 5.74) is 2.25. The Hall–Kier alpha value is -3.06. The SMILES string of the molecule is COc1cc(NC(=O)c2cc(-c3ccncc3)n[nH]2)c(OC)cc1Cl. The molecule has 0 aliphatic rings. The highest BCUT2D eigenvalue weighted by Gasteiger charge is 2.16. The number of hydrogen-bond acceptors (Lipinski definition) is 5. The number of halogens is 1. The molecule has 3 aromatic rings. The van der Waals surface area contributed by atoms with Gasteiger partial charge in [0, 0.05) is 30.1 Å². The molecule has 7 nitrogen and oxygen atoms in total. The van der Waals surface area contributed by atoms with Gasteiger partial charge in [-0.3, -0.25) is 14.9 Å². The van der Waals surface area contributed by atoms with Crippen LogP contribution in [0.3, 0.4) is 0 Å². The molecule has 3 rings (SSSR count). The first-order chi connectivity index (χ1) is 12.1. The second kappa shape index (κ2) is 7.23. The third kappa shape index (κ3) is 3.56. The second-order valence-corrected chi connectivity index (χ2v) is 5.45. The first kappa shape index (κ1) is 16.8. The van der Waals surface area contributed by atoms with Crippen molar-refractivity contribution < 1.29 is 14.3 Å². The van der Waals surface area contributed by atoms with Crippen LogP contribution in [0.15, 0.2) is 42.7 Å². The molecule has 8 heteroatoms. The van der Waals surface area contributed by atoms with Crippen molar-refractivity contribution in [1.82, 2.24) is 15.2 Å². The number of anilines is 1. The van der Waals surface area contributed by atoms with Crippen LogP contribution in [0, 0.1) is 0 Å². The van der Waals surface area contributed by atoms with Gasteiger partial charge in [0.25, 0.3) is 5.91 Å². The molecule has 128 valence electrons. The summed E-state index contributed by atoms with van der Waals surface area (Å²) in [5.74, 6) is 0.489. The van der Waals surface area contributed by atoms with Crippen LogP contribution in [0.25, 0.3) is 11.3 Å². The van der Waals surface area contributed by atoms with E-state index >= 15 is 0 Å². The molecule has 1 aromatic carbocycles. The summed E-state index contributed by atoms with van der Waals surface area (Å²) in [6.07, 6.45) is 3.32. The number of rotatable bonds is 5. The minimum absolute atomic E-state index is 0.308. The maximum atomic E-state index is 12.5. The molecule has 0 aliphatic heterocycles. The van der Waals surface area contributed by atoms with Crippen LogP contribution in [-0.4, -0.2) is 35.3 Å². The van der Waals surface area contributed by atoms with Gasteiger partial charge < -0.3 is 14.8 Å². The van der Waals surface area contributed by atoms with Gasteiger partial charge in [-0.05, 0) is 18.2 Å². The summed E-state index contributed by atoms with van der Waals surface area (Å²) in [6, 6.07) is 8.45. The van der Waals surface area contributed by atoms with E-state index in [0.29, 0.717) is 33.6 Å². The fourth-order valence-corrected chi connectivity index (χ4v) is 2.49. The highest BCUT2D eigenvalue weighted by atomic mass is 35.5. The van der Waals surface area contributed by atoms with E-state index in [-0.39, 0.29) is 5.91 Å². The fraction of sp³-hybridized carbons (Fsp3) is 0.118. The summed E-state index contributed by atoms with van der Waals surface area (Å²) in [7, 11) is 2.99. The maximum absolute atomic E-state index is 12.5. The van der Waals surface area contributed by atoms with Crippen LogP contribution >= 0.6 is 11.6 Å². The summed E-state index contributed by atoms with van der Waals surface area (Å²) >= 11 is 6.07. The second-order valence-electron chi connectivity index (χ2n) is 5.04. The minimum atomic E-state index is -0.365. The summed E-state index contributed by atoms with van der Waals surface area (Å²) in [4.78, 5) is 16.4. The van der Waals surface area contributed by atoms with Crippen LogP contribution in [0.5, 0.6) is 11.5 Å². The molecule has 0 bridgehead atoms. The number of methoxy groups -OCH3 is 2. The Labute approximate surface area is 148 Å². The molecule has 0 unspecified atom stereocenters. The van der Waals surface area contributed by atoms with Gasteiger partial charge in [0.1, 0.15) is 17.2 Å². The molecule has 0 radical (unpaired) electrons. The maximum Gasteiger partial charge on any atom is 0.273 e. The van der Waals surface area contributed by atoms with E-state index in [1.54, 1.807) is 30.6 Å². The zero-order valence-electron chi connectivity index (χ0n) is 13.5. The molecule has 0 fully saturated rings. The quantitative estimate of drug-likeness (QED) is 0.729. The number of benzene rings is 1. The van der Waals surface area contributed by atoms with Crippen molar-refractivity contribution in [2.24, 2.45) is 0 Å². The molecular formula is C17H15ClN4O3. The van der Waals surface area contributed by atoms with Gasteiger partial charge >= 0.3 is 0 Å². The Morgan fingerprint density at radius 2 is 1.84 bits per heavy atom. The van der Waals surface area contributed by atoms with Crippen LogP contribution < -0.4 is 14.8 Å². The topological polar surface area (TPSA) is 89.1 Å². The zero-order valence-corrected chi connectivity index (χ0v) is 14.3. The van der Waals surface area contributed by atoms with E-state index in [2.05, 4.69) is 20.5 Å². The highest BCUT2D eigenvalue weighted by molar-refractivity contribution is 6.32. The predicted octanol–water partition coefficient (Wildman–Crippen LogP) is 3.39. The number of hydrogen-bond donors (Lipinski definition) is 2. The van der Waals surface area contributed by atoms with E-state index in [4.69, 9.17) is 21.1 Å². The Morgan fingerprint density at radius 1 is 1.12 bits per heavy atom. The van der Waals surface area contributed by atoms with Gasteiger partial charge in [0.2, 0.25) is 0 Å². The number of amides is 1. The minimum Gasteiger partial charge on any atom is -0.495 e. The molecule has 0 spiro atoms. The molecule has 2 aromatic heterocycles. The third-order valence-electron chi connectivity index (χ3n) is 3.52. The lowest BCUT2D eigenvalue weighted by Crippen LogP contribution is -2.13. The Kier molecular flexibility index (Phi) is 4.85. The van der Waals surface area contributed by atoms with Crippen LogP contribution in [-0.2, 0) is 0 Å². The molecular weight excluding hydrogens is 344 g/mol. The first-order valence-corrected chi connectivity index (χ1v) is 7.69. The molecule has 2 N–H and O–H groups in total. The van der Waals surface area contributed by atoms with Gasteiger partial charge in [0.15, 0.2) is 0 Å². The van der Waals surface area contributed by atoms with Crippen molar-refractivity contribution in [3.8, 4) is 22.8 Å². The van der Waals surface area contributed by atoms with Crippen molar-refractivity contribution in [2.45, 2.75) is 0 Å². The van der Waals surface area contributed by atoms with Gasteiger partial charge in [-0.15, -0.1) is 0 Å². The fourth-order valence-electron chi connectivity index (χ4n) is 2.26. The standard InChI is InChI=1S/C17H15ClN4O3/c1-24-15-9-13(16(25-2)7-11(15)18)20-17(23)14-8-12(21-22-14)10-3-5-19-6-4-10/h3-9H,1-2H3,(H,20,23)(H,21,22). The van der Waals surface area contributed by atoms with Crippen molar-refractivity contribution in [2.75, 3.05) is 19.5 Å². The average Bonchev–Trinajstić information content (AvgIpc) is 3.13. The molecule has 0 atom stereocenters. The summed E-state index contributed by atoms with van der Waals surface area (Å²) in [5, 5.41) is 10.0. The van der Waals surface area contributed by atoms with Crippen molar-refractivity contribution >= 4 is 23.2 Å². The number of pyridine rings is 1. The molecule has 0 saturated heterocycles. The number of ether oxygens (including phenoxy) is 2. The number of carbonyl (C=O) groups excluding carboxylic acids is 1. The molecule has 25 heavy (non-hydrogen) atoms. The van der Waals surface area contributed by atoms with E-state index in [0.717, 1.165) is 5.56 Å². The smallest absolute Gasteiger partial charge is 0.273 e. The van der Waals surface area contributed by atoms with Crippen molar-refractivity contribution in [3.05, 3.63) is 53.4 Å². The highest BCUT2D eigenvalue weighted by Crippen LogP contribution is 2.36. The lowest BCUT2D eigenvalue weighted by Gasteiger charge is -2.12. The van der Waals surface area contributed by atoms with Gasteiger partial charge in [-0.2, -0.15) is 5.10 Å². The predicted molar refractivity (Wildman–Crippen MR) is 94.3 cm³/mol. The molecule has 0 aliphatic carbocycles. The number of nitrogens with zero attached hydrogens (tertiary/aromatic N) is 2. The first-order valence-electron chi connectivity index (χ1n) is 7.31. The Bertz CT molecular complexity index is 896. The van der Waals surface area contributed by atoms with E-state index in [9.17, 15) is 4.79 Å². The largest absolute Gasteiger partial charge is 0.495 e. The average molecular weight is 359 g/mol. The van der Waals surface area contributed by atoms with Crippen LogP contribution in [0.1, 0.15) is 10.5 Å². The van der Waals surface area contributed by atoms with Gasteiger partial charge in [-0.25, -0.2) is 0 Å². The normalized spacial score (nSPS) is 10.4. The van der Waals surface area contributed by atoms with E-state index in [1.807, 2.05) is 12.1 Å². The number of carbonyl (C=O) groups is 1.